The Balaban J connectivity index is 5.70. The van der Waals surface area contributed by atoms with E-state index >= 15 is 0 Å². The van der Waals surface area contributed by atoms with Gasteiger partial charge in [0.15, 0.2) is 12.2 Å². The summed E-state index contributed by atoms with van der Waals surface area (Å²) < 4.78 is 16.4. The van der Waals surface area contributed by atoms with Crippen molar-refractivity contribution in [2.24, 2.45) is 16.2 Å². The van der Waals surface area contributed by atoms with Crippen LogP contribution in [0, 0.1) is 16.2 Å². The van der Waals surface area contributed by atoms with Gasteiger partial charge in [-0.1, -0.05) is 0 Å². The molecule has 0 aromatic heterocycles. The van der Waals surface area contributed by atoms with Crippen molar-refractivity contribution in [1.29, 1.82) is 0 Å². The first-order chi connectivity index (χ1) is 12.9. The molecule has 0 unspecified atom stereocenters. The smallest absolute Gasteiger partial charge is 0.311 e. The van der Waals surface area contributed by atoms with Gasteiger partial charge in [-0.25, -0.2) is 0 Å². The lowest BCUT2D eigenvalue weighted by Gasteiger charge is -2.31. The highest BCUT2D eigenvalue weighted by Gasteiger charge is 2.37. The van der Waals surface area contributed by atoms with Crippen LogP contribution in [0.4, 0.5) is 0 Å². The summed E-state index contributed by atoms with van der Waals surface area (Å²) in [6.45, 7) is 16.1. The zero-order valence-electron chi connectivity index (χ0n) is 19.4. The highest BCUT2D eigenvalue weighted by Crippen LogP contribution is 2.22. The summed E-state index contributed by atoms with van der Waals surface area (Å²) in [4.78, 5) is 48.4. The molecular weight excluding hydrogens is 378 g/mol. The van der Waals surface area contributed by atoms with E-state index in [9.17, 15) is 19.2 Å². The lowest BCUT2D eigenvalue weighted by Crippen LogP contribution is -2.48. The summed E-state index contributed by atoms with van der Waals surface area (Å²) in [5.41, 5.74) is -2.39. The van der Waals surface area contributed by atoms with Gasteiger partial charge in [0.05, 0.1) is 22.8 Å². The summed E-state index contributed by atoms with van der Waals surface area (Å²) in [5.74, 6) is -1.91. The minimum Gasteiger partial charge on any atom is -0.461 e. The van der Waals surface area contributed by atoms with Crippen LogP contribution in [0.1, 0.15) is 69.2 Å². The highest BCUT2D eigenvalue weighted by molar-refractivity contribution is 5.77. The summed E-state index contributed by atoms with van der Waals surface area (Å²) in [5, 5.41) is 2.56. The number of esters is 3. The van der Waals surface area contributed by atoms with Gasteiger partial charge in [0.25, 0.3) is 0 Å². The molecule has 0 saturated heterocycles. The number of carbonyl (C=O) groups excluding carboxylic acids is 4. The second kappa shape index (κ2) is 10.1. The highest BCUT2D eigenvalue weighted by atomic mass is 16.6. The van der Waals surface area contributed by atoms with Crippen molar-refractivity contribution in [2.75, 3.05) is 13.2 Å². The van der Waals surface area contributed by atoms with Crippen LogP contribution >= 0.6 is 0 Å². The number of amides is 1. The molecule has 0 bridgehead atoms. The van der Waals surface area contributed by atoms with Crippen molar-refractivity contribution in [3.63, 3.8) is 0 Å². The third-order valence-electron chi connectivity index (χ3n) is 3.70. The van der Waals surface area contributed by atoms with Gasteiger partial charge in [0.1, 0.15) is 6.61 Å². The molecule has 0 aliphatic heterocycles. The number of hydrogen-bond donors (Lipinski definition) is 1. The average Bonchev–Trinajstić information content (AvgIpc) is 2.51. The van der Waals surface area contributed by atoms with Crippen molar-refractivity contribution in [2.45, 2.75) is 81.4 Å². The number of carbonyl (C=O) groups is 4. The Kier molecular flexibility index (Phi) is 9.34. The van der Waals surface area contributed by atoms with Crippen LogP contribution in [0.2, 0.25) is 0 Å². The summed E-state index contributed by atoms with van der Waals surface area (Å²) in [6.07, 6.45) is -2.10. The minimum absolute atomic E-state index is 0.0910. The monoisotopic (exact) mass is 415 g/mol. The first-order valence-electron chi connectivity index (χ1n) is 9.69. The van der Waals surface area contributed by atoms with Gasteiger partial charge < -0.3 is 19.5 Å². The number of nitrogens with one attached hydrogen (secondary N) is 1. The molecule has 0 aromatic rings. The van der Waals surface area contributed by atoms with Crippen molar-refractivity contribution in [3.8, 4) is 0 Å². The normalized spacial score (nSPS) is 14.4. The molecular formula is C21H37NO7. The fourth-order valence-corrected chi connectivity index (χ4v) is 1.71. The lowest BCUT2D eigenvalue weighted by molar-refractivity contribution is -0.185. The Bertz CT molecular complexity index is 606. The van der Waals surface area contributed by atoms with Crippen molar-refractivity contribution < 1.29 is 33.4 Å². The summed E-state index contributed by atoms with van der Waals surface area (Å²) in [7, 11) is 0. The van der Waals surface area contributed by atoms with E-state index in [0.717, 1.165) is 0 Å². The Morgan fingerprint density at radius 3 is 1.41 bits per heavy atom. The molecule has 8 heteroatoms. The summed E-state index contributed by atoms with van der Waals surface area (Å²) in [6, 6.07) is 0. The van der Waals surface area contributed by atoms with Gasteiger partial charge in [-0.3, -0.25) is 19.2 Å². The zero-order chi connectivity index (χ0) is 23.2. The third-order valence-corrected chi connectivity index (χ3v) is 3.70. The second-order valence-electron chi connectivity index (χ2n) is 10.2. The van der Waals surface area contributed by atoms with Crippen molar-refractivity contribution >= 4 is 23.8 Å². The number of rotatable bonds is 7. The maximum Gasteiger partial charge on any atom is 0.311 e. The lowest BCUT2D eigenvalue weighted by atomic mass is 9.96. The molecule has 0 spiro atoms. The van der Waals surface area contributed by atoms with E-state index in [1.54, 1.807) is 62.3 Å². The van der Waals surface area contributed by atoms with Crippen molar-refractivity contribution in [3.05, 3.63) is 0 Å². The topological polar surface area (TPSA) is 108 Å². The van der Waals surface area contributed by atoms with Crippen LogP contribution < -0.4 is 5.32 Å². The maximum atomic E-state index is 12.5. The van der Waals surface area contributed by atoms with Crippen LogP contribution in [0.3, 0.4) is 0 Å². The average molecular weight is 416 g/mol. The molecule has 0 heterocycles. The molecule has 0 aromatic carbocycles. The molecule has 8 nitrogen and oxygen atoms in total. The predicted molar refractivity (Wildman–Crippen MR) is 108 cm³/mol. The minimum atomic E-state index is -1.08. The second-order valence-corrected chi connectivity index (χ2v) is 10.2. The van der Waals surface area contributed by atoms with Gasteiger partial charge in [-0.2, -0.15) is 0 Å². The molecule has 0 radical (unpaired) electrons. The molecule has 0 saturated carbocycles. The molecule has 0 aliphatic rings. The predicted octanol–water partition coefficient (Wildman–Crippen LogP) is 2.63. The first-order valence-corrected chi connectivity index (χ1v) is 9.69. The molecule has 29 heavy (non-hydrogen) atoms. The van der Waals surface area contributed by atoms with E-state index in [0.29, 0.717) is 0 Å². The molecule has 1 N–H and O–H groups in total. The number of ether oxygens (including phenoxy) is 3. The molecule has 0 rings (SSSR count). The summed E-state index contributed by atoms with van der Waals surface area (Å²) >= 11 is 0. The van der Waals surface area contributed by atoms with Gasteiger partial charge in [-0.05, 0) is 62.3 Å². The van der Waals surface area contributed by atoms with Gasteiger partial charge in [0.2, 0.25) is 5.91 Å². The van der Waals surface area contributed by atoms with E-state index < -0.39 is 46.4 Å². The van der Waals surface area contributed by atoms with E-state index in [2.05, 4.69) is 5.32 Å². The van der Waals surface area contributed by atoms with Gasteiger partial charge >= 0.3 is 17.9 Å². The quantitative estimate of drug-likeness (QED) is 0.503. The Labute approximate surface area is 174 Å². The Morgan fingerprint density at radius 2 is 1.07 bits per heavy atom. The van der Waals surface area contributed by atoms with Crippen LogP contribution in [0.25, 0.3) is 0 Å². The van der Waals surface area contributed by atoms with E-state index in [1.807, 2.05) is 0 Å². The van der Waals surface area contributed by atoms with Crippen LogP contribution in [-0.4, -0.2) is 49.2 Å². The zero-order valence-corrected chi connectivity index (χ0v) is 19.4. The SMILES string of the molecule is CC(=O)NC[C@@H](OC(=O)C(C)(C)C)[C@H](COC(=O)C(C)(C)C)OC(=O)C(C)(C)C. The Morgan fingerprint density at radius 1 is 0.690 bits per heavy atom. The fraction of sp³-hybridized carbons (Fsp3) is 0.810. The molecule has 168 valence electrons. The third kappa shape index (κ3) is 10.3. The molecule has 0 fully saturated rings. The number of hydrogen-bond acceptors (Lipinski definition) is 7. The van der Waals surface area contributed by atoms with Crippen LogP contribution in [0.15, 0.2) is 0 Å². The fourth-order valence-electron chi connectivity index (χ4n) is 1.71. The first kappa shape index (κ1) is 26.9. The molecule has 0 aliphatic carbocycles. The molecule has 1 amide bonds. The van der Waals surface area contributed by atoms with Crippen LogP contribution in [-0.2, 0) is 33.4 Å². The molecule has 2 atom stereocenters. The van der Waals surface area contributed by atoms with Gasteiger partial charge in [0, 0.05) is 6.92 Å². The van der Waals surface area contributed by atoms with Gasteiger partial charge in [-0.15, -0.1) is 0 Å². The standard InChI is InChI=1S/C21H37NO7/c1-13(23)22-11-14(28-17(25)20(5,6)7)15(29-18(26)21(8,9)10)12-27-16(24)19(2,3)4/h14-15H,11-12H2,1-10H3,(H,22,23)/t14-,15+/m1/s1. The largest absolute Gasteiger partial charge is 0.461 e. The van der Waals surface area contributed by atoms with E-state index in [1.165, 1.54) is 6.92 Å². The van der Waals surface area contributed by atoms with E-state index in [4.69, 9.17) is 14.2 Å². The van der Waals surface area contributed by atoms with E-state index in [-0.39, 0.29) is 19.1 Å². The Hall–Kier alpha value is -2.12. The van der Waals surface area contributed by atoms with Crippen molar-refractivity contribution in [1.82, 2.24) is 5.32 Å². The maximum absolute atomic E-state index is 12.5. The van der Waals surface area contributed by atoms with Crippen LogP contribution in [0.5, 0.6) is 0 Å².